The van der Waals surface area contributed by atoms with Gasteiger partial charge < -0.3 is 32.1 Å². The number of nitrogens with zero attached hydrogens (tertiary/aromatic N) is 1. The van der Waals surface area contributed by atoms with Crippen LogP contribution in [0.15, 0.2) is 30.3 Å². The molecule has 0 aliphatic carbocycles. The third-order valence-corrected chi connectivity index (χ3v) is 6.54. The van der Waals surface area contributed by atoms with Crippen LogP contribution in [0.4, 0.5) is 0 Å². The van der Waals surface area contributed by atoms with Gasteiger partial charge in [0.1, 0.15) is 18.1 Å². The molecule has 36 heavy (non-hydrogen) atoms. The fraction of sp³-hybridized carbons (Fsp3) is 0.560. The topological polar surface area (TPSA) is 185 Å². The summed E-state index contributed by atoms with van der Waals surface area (Å²) in [5.74, 6) is -3.79. The molecular formula is C25H37N5O6. The quantitative estimate of drug-likeness (QED) is 0.249. The zero-order valence-electron chi connectivity index (χ0n) is 20.8. The number of aliphatic carboxylic acids is 1. The van der Waals surface area contributed by atoms with E-state index in [-0.39, 0.29) is 31.7 Å². The summed E-state index contributed by atoms with van der Waals surface area (Å²) >= 11 is 0. The van der Waals surface area contributed by atoms with Gasteiger partial charge in [0.15, 0.2) is 0 Å². The van der Waals surface area contributed by atoms with E-state index in [1.54, 1.807) is 6.92 Å². The average Bonchev–Trinajstić information content (AvgIpc) is 3.34. The van der Waals surface area contributed by atoms with Crippen molar-refractivity contribution in [3.05, 3.63) is 35.9 Å². The van der Waals surface area contributed by atoms with Crippen molar-refractivity contribution in [3.63, 3.8) is 0 Å². The molecule has 1 fully saturated rings. The van der Waals surface area contributed by atoms with Crippen LogP contribution in [0, 0.1) is 5.92 Å². The minimum atomic E-state index is -1.16. The molecular weight excluding hydrogens is 466 g/mol. The summed E-state index contributed by atoms with van der Waals surface area (Å²) in [6.07, 6.45) is 1.40. The van der Waals surface area contributed by atoms with E-state index < -0.39 is 53.8 Å². The summed E-state index contributed by atoms with van der Waals surface area (Å²) in [5.41, 5.74) is 12.2. The number of nitrogens with two attached hydrogens (primary N) is 2. The standard InChI is InChI=1S/C25H37N5O6/c1-3-15(2)21(29-22(32)17(26)14-16-8-5-4-6-9-16)23(33)28-18(11-12-20(27)31)24(34)30-13-7-10-19(30)25(35)36/h4-6,8-9,15,17-19,21H,3,7,10-14,26H2,1-2H3,(H2,27,31)(H,28,33)(H,29,32)(H,35,36). The van der Waals surface area contributed by atoms with Crippen LogP contribution in [-0.4, -0.2) is 70.3 Å². The molecule has 0 spiro atoms. The van der Waals surface area contributed by atoms with Crippen molar-refractivity contribution in [3.8, 4) is 0 Å². The number of carboxylic acid groups (broad SMARTS) is 1. The Morgan fingerprint density at radius 2 is 1.78 bits per heavy atom. The van der Waals surface area contributed by atoms with Crippen LogP contribution in [-0.2, 0) is 30.4 Å². The van der Waals surface area contributed by atoms with Crippen molar-refractivity contribution in [1.29, 1.82) is 0 Å². The smallest absolute Gasteiger partial charge is 0.326 e. The minimum absolute atomic E-state index is 0.0859. The number of likely N-dealkylation sites (tertiary alicyclic amines) is 1. The molecule has 1 aromatic rings. The number of benzene rings is 1. The Morgan fingerprint density at radius 1 is 1.11 bits per heavy atom. The molecule has 1 aromatic carbocycles. The van der Waals surface area contributed by atoms with Gasteiger partial charge in [0.05, 0.1) is 6.04 Å². The average molecular weight is 504 g/mol. The van der Waals surface area contributed by atoms with Crippen LogP contribution in [0.2, 0.25) is 0 Å². The maximum Gasteiger partial charge on any atom is 0.326 e. The number of nitrogens with one attached hydrogen (secondary N) is 2. The van der Waals surface area contributed by atoms with Crippen LogP contribution in [0.3, 0.4) is 0 Å². The highest BCUT2D eigenvalue weighted by Crippen LogP contribution is 2.20. The summed E-state index contributed by atoms with van der Waals surface area (Å²) in [6, 6.07) is 5.21. The number of amides is 4. The van der Waals surface area contributed by atoms with Gasteiger partial charge in [-0.3, -0.25) is 19.2 Å². The first kappa shape index (κ1) is 28.8. The van der Waals surface area contributed by atoms with Gasteiger partial charge in [-0.2, -0.15) is 0 Å². The number of hydrogen-bond donors (Lipinski definition) is 5. The molecule has 2 rings (SSSR count). The van der Waals surface area contributed by atoms with Crippen LogP contribution in [0.5, 0.6) is 0 Å². The van der Waals surface area contributed by atoms with E-state index in [1.807, 2.05) is 37.3 Å². The summed E-state index contributed by atoms with van der Waals surface area (Å²) in [4.78, 5) is 63.5. The zero-order chi connectivity index (χ0) is 26.8. The molecule has 7 N–H and O–H groups in total. The highest BCUT2D eigenvalue weighted by molar-refractivity contribution is 5.94. The number of rotatable bonds is 13. The van der Waals surface area contributed by atoms with E-state index in [4.69, 9.17) is 11.5 Å². The fourth-order valence-electron chi connectivity index (χ4n) is 4.22. The van der Waals surface area contributed by atoms with Crippen molar-refractivity contribution in [2.24, 2.45) is 17.4 Å². The van der Waals surface area contributed by atoms with Gasteiger partial charge in [0.25, 0.3) is 0 Å². The van der Waals surface area contributed by atoms with Gasteiger partial charge in [-0.25, -0.2) is 4.79 Å². The first-order valence-corrected chi connectivity index (χ1v) is 12.3. The Hall–Kier alpha value is -3.47. The lowest BCUT2D eigenvalue weighted by molar-refractivity contribution is -0.149. The molecule has 0 aromatic heterocycles. The normalized spacial score (nSPS) is 18.5. The summed E-state index contributed by atoms with van der Waals surface area (Å²) < 4.78 is 0. The molecule has 1 aliphatic rings. The van der Waals surface area contributed by atoms with Crippen molar-refractivity contribution in [1.82, 2.24) is 15.5 Å². The van der Waals surface area contributed by atoms with Gasteiger partial charge >= 0.3 is 5.97 Å². The number of carbonyl (C=O) groups excluding carboxylic acids is 4. The Kier molecular flexibility index (Phi) is 10.8. The Labute approximate surface area is 211 Å². The molecule has 5 atom stereocenters. The van der Waals surface area contributed by atoms with E-state index in [0.717, 1.165) is 5.56 Å². The summed E-state index contributed by atoms with van der Waals surface area (Å²) in [5, 5.41) is 14.8. The highest BCUT2D eigenvalue weighted by Gasteiger charge is 2.39. The fourth-order valence-corrected chi connectivity index (χ4v) is 4.22. The van der Waals surface area contributed by atoms with Crippen LogP contribution in [0.25, 0.3) is 0 Å². The molecule has 5 unspecified atom stereocenters. The monoisotopic (exact) mass is 503 g/mol. The van der Waals surface area contributed by atoms with Gasteiger partial charge in [0.2, 0.25) is 23.6 Å². The van der Waals surface area contributed by atoms with Crippen LogP contribution < -0.4 is 22.1 Å². The Balaban J connectivity index is 2.16. The van der Waals surface area contributed by atoms with E-state index in [2.05, 4.69) is 10.6 Å². The van der Waals surface area contributed by atoms with E-state index in [1.165, 1.54) is 4.90 Å². The van der Waals surface area contributed by atoms with Crippen molar-refractivity contribution in [2.45, 2.75) is 76.5 Å². The highest BCUT2D eigenvalue weighted by atomic mass is 16.4. The van der Waals surface area contributed by atoms with Crippen molar-refractivity contribution >= 4 is 29.6 Å². The molecule has 198 valence electrons. The number of carbonyl (C=O) groups is 5. The lowest BCUT2D eigenvalue weighted by atomic mass is 9.96. The van der Waals surface area contributed by atoms with E-state index in [0.29, 0.717) is 19.3 Å². The third-order valence-electron chi connectivity index (χ3n) is 6.54. The maximum absolute atomic E-state index is 13.3. The van der Waals surface area contributed by atoms with Gasteiger partial charge in [0, 0.05) is 13.0 Å². The second-order valence-electron chi connectivity index (χ2n) is 9.26. The largest absolute Gasteiger partial charge is 0.480 e. The summed E-state index contributed by atoms with van der Waals surface area (Å²) in [7, 11) is 0. The minimum Gasteiger partial charge on any atom is -0.480 e. The van der Waals surface area contributed by atoms with Crippen LogP contribution in [0.1, 0.15) is 51.5 Å². The zero-order valence-corrected chi connectivity index (χ0v) is 20.8. The second-order valence-corrected chi connectivity index (χ2v) is 9.26. The van der Waals surface area contributed by atoms with Crippen molar-refractivity contribution in [2.75, 3.05) is 6.54 Å². The first-order chi connectivity index (χ1) is 17.0. The Morgan fingerprint density at radius 3 is 2.36 bits per heavy atom. The number of carboxylic acids is 1. The molecule has 0 bridgehead atoms. The third kappa shape index (κ3) is 8.04. The molecule has 11 nitrogen and oxygen atoms in total. The SMILES string of the molecule is CCC(C)C(NC(=O)C(N)Cc1ccccc1)C(=O)NC(CCC(N)=O)C(=O)N1CCCC1C(=O)O. The lowest BCUT2D eigenvalue weighted by Crippen LogP contribution is -2.58. The maximum atomic E-state index is 13.3. The number of primary amides is 1. The molecule has 0 saturated carbocycles. The van der Waals surface area contributed by atoms with Gasteiger partial charge in [-0.05, 0) is 37.2 Å². The van der Waals surface area contributed by atoms with Crippen LogP contribution >= 0.6 is 0 Å². The van der Waals surface area contributed by atoms with Crippen molar-refractivity contribution < 1.29 is 29.1 Å². The molecule has 11 heteroatoms. The second kappa shape index (κ2) is 13.6. The first-order valence-electron chi connectivity index (χ1n) is 12.3. The summed E-state index contributed by atoms with van der Waals surface area (Å²) in [6.45, 7) is 3.88. The molecule has 4 amide bonds. The van der Waals surface area contributed by atoms with E-state index in [9.17, 15) is 29.1 Å². The predicted molar refractivity (Wildman–Crippen MR) is 132 cm³/mol. The van der Waals surface area contributed by atoms with Gasteiger partial charge in [-0.15, -0.1) is 0 Å². The number of hydrogen-bond acceptors (Lipinski definition) is 6. The molecule has 1 heterocycles. The predicted octanol–water partition coefficient (Wildman–Crippen LogP) is -0.0868. The molecule has 0 radical (unpaired) electrons. The molecule has 1 aliphatic heterocycles. The molecule has 1 saturated heterocycles. The van der Waals surface area contributed by atoms with Gasteiger partial charge in [-0.1, -0.05) is 50.6 Å². The Bertz CT molecular complexity index is 940. The lowest BCUT2D eigenvalue weighted by Gasteiger charge is -2.30. The van der Waals surface area contributed by atoms with E-state index >= 15 is 0 Å².